The van der Waals surface area contributed by atoms with E-state index in [0.717, 1.165) is 5.56 Å². The molecule has 0 unspecified atom stereocenters. The third kappa shape index (κ3) is 6.72. The van der Waals surface area contributed by atoms with E-state index < -0.39 is 30.2 Å². The molecule has 0 aliphatic rings. The molecule has 0 saturated carbocycles. The molecule has 7 heteroatoms. The zero-order chi connectivity index (χ0) is 18.9. The van der Waals surface area contributed by atoms with Gasteiger partial charge in [-0.3, -0.25) is 14.4 Å². The van der Waals surface area contributed by atoms with Crippen molar-refractivity contribution >= 4 is 29.2 Å². The Morgan fingerprint density at radius 3 is 2.00 bits per heavy atom. The van der Waals surface area contributed by atoms with Crippen LogP contribution in [0.25, 0.3) is 0 Å². The lowest BCUT2D eigenvalue weighted by Crippen LogP contribution is -2.21. The van der Waals surface area contributed by atoms with Crippen molar-refractivity contribution in [2.24, 2.45) is 0 Å². The van der Waals surface area contributed by atoms with Gasteiger partial charge in [-0.1, -0.05) is 17.7 Å². The number of benzene rings is 2. The highest BCUT2D eigenvalue weighted by Crippen LogP contribution is 2.10. The predicted octanol–water partition coefficient (Wildman–Crippen LogP) is 3.03. The van der Waals surface area contributed by atoms with Crippen LogP contribution in [-0.2, 0) is 19.1 Å². The molecule has 0 radical (unpaired) electrons. The molecule has 0 heterocycles. The lowest BCUT2D eigenvalue weighted by atomic mass is 10.2. The van der Waals surface area contributed by atoms with E-state index in [-0.39, 0.29) is 12.8 Å². The number of anilines is 2. The van der Waals surface area contributed by atoms with Crippen LogP contribution in [0.2, 0.25) is 0 Å². The molecule has 2 N–H and O–H groups in total. The van der Waals surface area contributed by atoms with Crippen molar-refractivity contribution in [2.45, 2.75) is 19.8 Å². The topological polar surface area (TPSA) is 84.5 Å². The monoisotopic (exact) mass is 358 g/mol. The molecule has 26 heavy (non-hydrogen) atoms. The Morgan fingerprint density at radius 2 is 1.38 bits per heavy atom. The normalized spacial score (nSPS) is 10.1. The molecule has 136 valence electrons. The summed E-state index contributed by atoms with van der Waals surface area (Å²) in [6.07, 6.45) is -0.263. The van der Waals surface area contributed by atoms with Crippen LogP contribution in [0.3, 0.4) is 0 Å². The number of esters is 1. The molecule has 2 amide bonds. The van der Waals surface area contributed by atoms with Crippen LogP contribution in [0.5, 0.6) is 0 Å². The van der Waals surface area contributed by atoms with E-state index in [2.05, 4.69) is 10.6 Å². The van der Waals surface area contributed by atoms with Gasteiger partial charge in [-0.15, -0.1) is 0 Å². The van der Waals surface area contributed by atoms with Crippen LogP contribution in [0.4, 0.5) is 15.8 Å². The first-order valence-electron chi connectivity index (χ1n) is 8.00. The van der Waals surface area contributed by atoms with Gasteiger partial charge >= 0.3 is 5.97 Å². The smallest absolute Gasteiger partial charge is 0.306 e. The first kappa shape index (κ1) is 19.1. The molecule has 0 bridgehead atoms. The Bertz CT molecular complexity index is 708. The highest BCUT2D eigenvalue weighted by molar-refractivity contribution is 5.94. The first-order chi connectivity index (χ1) is 12.4. The number of hydrogen-bond acceptors (Lipinski definition) is 4. The van der Waals surface area contributed by atoms with Crippen molar-refractivity contribution in [2.75, 3.05) is 17.2 Å². The molecule has 0 spiro atoms. The number of carbonyl (C=O) groups is 3. The first-order valence-corrected chi connectivity index (χ1v) is 8.00. The van der Waals surface area contributed by atoms with Crippen molar-refractivity contribution in [3.63, 3.8) is 0 Å². The van der Waals surface area contributed by atoms with Crippen LogP contribution in [-0.4, -0.2) is 24.4 Å². The second-order valence-electron chi connectivity index (χ2n) is 5.63. The minimum Gasteiger partial charge on any atom is -0.456 e. The number of carbonyl (C=O) groups excluding carboxylic acids is 3. The molecule has 0 fully saturated rings. The average molecular weight is 358 g/mol. The van der Waals surface area contributed by atoms with E-state index in [1.165, 1.54) is 24.3 Å². The zero-order valence-corrected chi connectivity index (χ0v) is 14.3. The van der Waals surface area contributed by atoms with Crippen LogP contribution < -0.4 is 10.6 Å². The van der Waals surface area contributed by atoms with Gasteiger partial charge in [0.2, 0.25) is 5.91 Å². The highest BCUT2D eigenvalue weighted by atomic mass is 19.1. The van der Waals surface area contributed by atoms with Gasteiger partial charge in [0.25, 0.3) is 5.91 Å². The van der Waals surface area contributed by atoms with E-state index in [0.29, 0.717) is 11.4 Å². The van der Waals surface area contributed by atoms with Gasteiger partial charge in [0.15, 0.2) is 6.61 Å². The number of ether oxygens (including phenoxy) is 1. The molecular formula is C19H19FN2O4. The summed E-state index contributed by atoms with van der Waals surface area (Å²) in [5.74, 6) is -1.93. The van der Waals surface area contributed by atoms with Crippen molar-refractivity contribution in [3.8, 4) is 0 Å². The molecule has 0 aromatic heterocycles. The van der Waals surface area contributed by atoms with Gasteiger partial charge in [0, 0.05) is 17.8 Å². The second kappa shape index (κ2) is 9.31. The summed E-state index contributed by atoms with van der Waals surface area (Å²) >= 11 is 0. The van der Waals surface area contributed by atoms with E-state index in [1.54, 1.807) is 12.1 Å². The summed E-state index contributed by atoms with van der Waals surface area (Å²) in [6.45, 7) is 1.51. The number of rotatable bonds is 7. The van der Waals surface area contributed by atoms with Crippen LogP contribution in [0.15, 0.2) is 48.5 Å². The van der Waals surface area contributed by atoms with Crippen molar-refractivity contribution in [1.82, 2.24) is 0 Å². The summed E-state index contributed by atoms with van der Waals surface area (Å²) in [6, 6.07) is 12.5. The van der Waals surface area contributed by atoms with Crippen molar-refractivity contribution < 1.29 is 23.5 Å². The molecule has 0 aliphatic carbocycles. The number of amides is 2. The lowest BCUT2D eigenvalue weighted by molar-refractivity contribution is -0.147. The van der Waals surface area contributed by atoms with Crippen LogP contribution in [0, 0.1) is 12.7 Å². The standard InChI is InChI=1S/C19H19FN2O4/c1-13-2-6-15(7-3-13)22-18(24)12-26-19(25)11-10-17(23)21-16-8-4-14(20)5-9-16/h2-9H,10-12H2,1H3,(H,21,23)(H,22,24). The molecule has 2 aromatic rings. The predicted molar refractivity (Wildman–Crippen MR) is 95.0 cm³/mol. The van der Waals surface area contributed by atoms with Crippen molar-refractivity contribution in [3.05, 3.63) is 59.9 Å². The summed E-state index contributed by atoms with van der Waals surface area (Å²) in [7, 11) is 0. The number of hydrogen-bond donors (Lipinski definition) is 2. The second-order valence-corrected chi connectivity index (χ2v) is 5.63. The van der Waals surface area contributed by atoms with Gasteiger partial charge in [-0.2, -0.15) is 0 Å². The van der Waals surface area contributed by atoms with Gasteiger partial charge in [-0.05, 0) is 43.3 Å². The fraction of sp³-hybridized carbons (Fsp3) is 0.211. The molecule has 6 nitrogen and oxygen atoms in total. The summed E-state index contributed by atoms with van der Waals surface area (Å²) in [4.78, 5) is 35.0. The summed E-state index contributed by atoms with van der Waals surface area (Å²) in [5, 5.41) is 5.13. The Kier molecular flexibility index (Phi) is 6.84. The maximum atomic E-state index is 12.8. The van der Waals surface area contributed by atoms with Gasteiger partial charge in [0.05, 0.1) is 6.42 Å². The maximum absolute atomic E-state index is 12.8. The Morgan fingerprint density at radius 1 is 0.846 bits per heavy atom. The van der Waals surface area contributed by atoms with E-state index in [4.69, 9.17) is 4.74 Å². The molecule has 0 saturated heterocycles. The number of nitrogens with one attached hydrogen (secondary N) is 2. The molecule has 0 aliphatic heterocycles. The Balaban J connectivity index is 1.66. The third-order valence-electron chi connectivity index (χ3n) is 3.38. The van der Waals surface area contributed by atoms with E-state index in [9.17, 15) is 18.8 Å². The number of aryl methyl sites for hydroxylation is 1. The number of halogens is 1. The quantitative estimate of drug-likeness (QED) is 0.745. The van der Waals surface area contributed by atoms with E-state index >= 15 is 0 Å². The Labute approximate surface area is 150 Å². The largest absolute Gasteiger partial charge is 0.456 e. The third-order valence-corrected chi connectivity index (χ3v) is 3.38. The minimum absolute atomic E-state index is 0.101. The van der Waals surface area contributed by atoms with Gasteiger partial charge in [-0.25, -0.2) is 4.39 Å². The van der Waals surface area contributed by atoms with Crippen molar-refractivity contribution in [1.29, 1.82) is 0 Å². The molecular weight excluding hydrogens is 339 g/mol. The van der Waals surface area contributed by atoms with E-state index in [1.807, 2.05) is 19.1 Å². The minimum atomic E-state index is -0.654. The lowest BCUT2D eigenvalue weighted by Gasteiger charge is -2.07. The fourth-order valence-corrected chi connectivity index (χ4v) is 2.02. The molecule has 2 rings (SSSR count). The molecule has 2 aromatic carbocycles. The van der Waals surface area contributed by atoms with Crippen LogP contribution >= 0.6 is 0 Å². The SMILES string of the molecule is Cc1ccc(NC(=O)COC(=O)CCC(=O)Nc2ccc(F)cc2)cc1. The van der Waals surface area contributed by atoms with Crippen LogP contribution in [0.1, 0.15) is 18.4 Å². The zero-order valence-electron chi connectivity index (χ0n) is 14.3. The summed E-state index contributed by atoms with van der Waals surface area (Å²) in [5.41, 5.74) is 2.10. The maximum Gasteiger partial charge on any atom is 0.306 e. The Hall–Kier alpha value is -3.22. The molecule has 0 atom stereocenters. The highest BCUT2D eigenvalue weighted by Gasteiger charge is 2.11. The fourth-order valence-electron chi connectivity index (χ4n) is 2.02. The average Bonchev–Trinajstić information content (AvgIpc) is 2.62. The van der Waals surface area contributed by atoms with Gasteiger partial charge in [0.1, 0.15) is 5.82 Å². The van der Waals surface area contributed by atoms with Gasteiger partial charge < -0.3 is 15.4 Å². The summed E-state index contributed by atoms with van der Waals surface area (Å²) < 4.78 is 17.6.